The van der Waals surface area contributed by atoms with Crippen molar-refractivity contribution in [3.05, 3.63) is 17.7 Å². The van der Waals surface area contributed by atoms with Crippen LogP contribution in [-0.2, 0) is 14.3 Å². The summed E-state index contributed by atoms with van der Waals surface area (Å²) in [5.41, 5.74) is 4.51. The van der Waals surface area contributed by atoms with Crippen LogP contribution in [0.1, 0.15) is 31.1 Å². The van der Waals surface area contributed by atoms with Gasteiger partial charge in [0.1, 0.15) is 0 Å². The number of methoxy groups -OCH3 is 2. The molecule has 29 heavy (non-hydrogen) atoms. The highest BCUT2D eigenvalue weighted by Gasteiger charge is 2.21. The van der Waals surface area contributed by atoms with E-state index in [1.807, 2.05) is 5.32 Å². The molecule has 160 valence electrons. The van der Waals surface area contributed by atoms with Gasteiger partial charge in [-0.05, 0) is 32.9 Å². The van der Waals surface area contributed by atoms with Gasteiger partial charge in [-0.1, -0.05) is 0 Å². The predicted octanol–water partition coefficient (Wildman–Crippen LogP) is 0.349. The third-order valence-corrected chi connectivity index (χ3v) is 3.13. The standard InChI is InChI=1S/C18H25N3O8/c1-18(2,3)21-17(25)20-14(23)9-29-16(24)10-6-11(26-4)15(12(7-10)27-5)28-8-13(19)22/h6-7H,8-9H2,1-5H3,(H2,19,22)(H2,20,21,23,25). The van der Waals surface area contributed by atoms with E-state index in [0.717, 1.165) is 0 Å². The van der Waals surface area contributed by atoms with Crippen LogP contribution in [-0.4, -0.2) is 56.8 Å². The number of esters is 1. The van der Waals surface area contributed by atoms with E-state index in [1.54, 1.807) is 20.8 Å². The molecule has 0 spiro atoms. The van der Waals surface area contributed by atoms with Crippen molar-refractivity contribution in [2.75, 3.05) is 27.4 Å². The van der Waals surface area contributed by atoms with Crippen molar-refractivity contribution in [1.82, 2.24) is 10.6 Å². The lowest BCUT2D eigenvalue weighted by atomic mass is 10.1. The van der Waals surface area contributed by atoms with Crippen LogP contribution in [0.4, 0.5) is 4.79 Å². The first-order chi connectivity index (χ1) is 13.5. The number of hydrogen-bond donors (Lipinski definition) is 3. The third kappa shape index (κ3) is 7.95. The summed E-state index contributed by atoms with van der Waals surface area (Å²) < 4.78 is 20.4. The Hall–Kier alpha value is -3.50. The Balaban J connectivity index is 2.82. The Morgan fingerprint density at radius 1 is 1.00 bits per heavy atom. The smallest absolute Gasteiger partial charge is 0.338 e. The van der Waals surface area contributed by atoms with Gasteiger partial charge < -0.3 is 30.0 Å². The van der Waals surface area contributed by atoms with Crippen LogP contribution in [0.3, 0.4) is 0 Å². The Morgan fingerprint density at radius 3 is 2.00 bits per heavy atom. The molecule has 1 rings (SSSR count). The molecule has 4 amide bonds. The number of imide groups is 1. The molecule has 0 fully saturated rings. The summed E-state index contributed by atoms with van der Waals surface area (Å²) >= 11 is 0. The number of benzene rings is 1. The van der Waals surface area contributed by atoms with E-state index in [1.165, 1.54) is 26.4 Å². The fourth-order valence-corrected chi connectivity index (χ4v) is 2.03. The van der Waals surface area contributed by atoms with Gasteiger partial charge in [0.05, 0.1) is 19.8 Å². The normalized spacial score (nSPS) is 10.5. The number of urea groups is 1. The van der Waals surface area contributed by atoms with Crippen LogP contribution in [0.25, 0.3) is 0 Å². The van der Waals surface area contributed by atoms with E-state index < -0.39 is 42.6 Å². The molecular formula is C18H25N3O8. The van der Waals surface area contributed by atoms with Crippen LogP contribution in [0, 0.1) is 0 Å². The van der Waals surface area contributed by atoms with Crippen molar-refractivity contribution in [3.8, 4) is 17.2 Å². The molecular weight excluding hydrogens is 386 g/mol. The summed E-state index contributed by atoms with van der Waals surface area (Å²) in [6.45, 7) is 4.13. The Morgan fingerprint density at radius 2 is 1.55 bits per heavy atom. The second-order valence-corrected chi connectivity index (χ2v) is 6.79. The lowest BCUT2D eigenvalue weighted by molar-refractivity contribution is -0.123. The second-order valence-electron chi connectivity index (χ2n) is 6.79. The first-order valence-electron chi connectivity index (χ1n) is 8.43. The Kier molecular flexibility index (Phi) is 8.24. The molecule has 11 nitrogen and oxygen atoms in total. The molecule has 0 saturated heterocycles. The van der Waals surface area contributed by atoms with E-state index >= 15 is 0 Å². The van der Waals surface area contributed by atoms with Crippen LogP contribution in [0.5, 0.6) is 17.2 Å². The zero-order valence-electron chi connectivity index (χ0n) is 16.9. The summed E-state index contributed by atoms with van der Waals surface area (Å²) in [6.07, 6.45) is 0. The van der Waals surface area contributed by atoms with Crippen molar-refractivity contribution in [2.45, 2.75) is 26.3 Å². The first-order valence-corrected chi connectivity index (χ1v) is 8.43. The van der Waals surface area contributed by atoms with Gasteiger partial charge >= 0.3 is 12.0 Å². The van der Waals surface area contributed by atoms with Gasteiger partial charge in [-0.15, -0.1) is 0 Å². The Labute approximate surface area is 167 Å². The number of carbonyl (C=O) groups excluding carboxylic acids is 4. The summed E-state index contributed by atoms with van der Waals surface area (Å²) in [7, 11) is 2.64. The van der Waals surface area contributed by atoms with Gasteiger partial charge in [0, 0.05) is 5.54 Å². The third-order valence-electron chi connectivity index (χ3n) is 3.13. The maximum absolute atomic E-state index is 12.2. The number of amides is 4. The van der Waals surface area contributed by atoms with Crippen LogP contribution >= 0.6 is 0 Å². The average molecular weight is 411 g/mol. The van der Waals surface area contributed by atoms with Crippen LogP contribution in [0.2, 0.25) is 0 Å². The molecule has 1 aromatic rings. The van der Waals surface area contributed by atoms with E-state index in [2.05, 4.69) is 5.32 Å². The maximum atomic E-state index is 12.2. The summed E-state index contributed by atoms with van der Waals surface area (Å²) in [5.74, 6) is -2.13. The van der Waals surface area contributed by atoms with Crippen LogP contribution in [0.15, 0.2) is 12.1 Å². The van der Waals surface area contributed by atoms with Gasteiger partial charge in [-0.25, -0.2) is 9.59 Å². The highest BCUT2D eigenvalue weighted by Crippen LogP contribution is 2.38. The minimum atomic E-state index is -0.866. The van der Waals surface area contributed by atoms with Gasteiger partial charge in [-0.3, -0.25) is 14.9 Å². The number of rotatable bonds is 8. The van der Waals surface area contributed by atoms with Gasteiger partial charge in [0.25, 0.3) is 11.8 Å². The van der Waals surface area contributed by atoms with Crippen molar-refractivity contribution < 1.29 is 38.1 Å². The minimum Gasteiger partial charge on any atom is -0.493 e. The Bertz CT molecular complexity index is 761. The molecule has 0 aliphatic rings. The van der Waals surface area contributed by atoms with Crippen molar-refractivity contribution in [3.63, 3.8) is 0 Å². The van der Waals surface area contributed by atoms with E-state index in [4.69, 9.17) is 24.7 Å². The van der Waals surface area contributed by atoms with Crippen LogP contribution < -0.4 is 30.6 Å². The number of nitrogens with two attached hydrogens (primary N) is 1. The lowest BCUT2D eigenvalue weighted by Gasteiger charge is -2.20. The molecule has 0 saturated carbocycles. The quantitative estimate of drug-likeness (QED) is 0.518. The number of nitrogens with one attached hydrogen (secondary N) is 2. The summed E-state index contributed by atoms with van der Waals surface area (Å²) in [5, 5.41) is 4.58. The van der Waals surface area contributed by atoms with Crippen molar-refractivity contribution in [1.29, 1.82) is 0 Å². The molecule has 4 N–H and O–H groups in total. The molecule has 0 radical (unpaired) electrons. The van der Waals surface area contributed by atoms with E-state index in [-0.39, 0.29) is 22.8 Å². The predicted molar refractivity (Wildman–Crippen MR) is 101 cm³/mol. The van der Waals surface area contributed by atoms with Crippen molar-refractivity contribution >= 4 is 23.8 Å². The molecule has 1 aromatic carbocycles. The fourth-order valence-electron chi connectivity index (χ4n) is 2.03. The van der Waals surface area contributed by atoms with Gasteiger partial charge in [0.15, 0.2) is 24.7 Å². The molecule has 0 heterocycles. The second kappa shape index (κ2) is 10.2. The van der Waals surface area contributed by atoms with E-state index in [0.29, 0.717) is 0 Å². The average Bonchev–Trinajstić information content (AvgIpc) is 2.61. The fraction of sp³-hybridized carbons (Fsp3) is 0.444. The number of carbonyl (C=O) groups is 4. The topological polar surface area (TPSA) is 155 Å². The molecule has 0 aliphatic heterocycles. The molecule has 0 atom stereocenters. The monoisotopic (exact) mass is 411 g/mol. The van der Waals surface area contributed by atoms with Crippen molar-refractivity contribution in [2.24, 2.45) is 5.73 Å². The summed E-state index contributed by atoms with van der Waals surface area (Å²) in [6, 6.07) is 1.86. The number of ether oxygens (including phenoxy) is 4. The summed E-state index contributed by atoms with van der Waals surface area (Å²) in [4.78, 5) is 46.6. The number of primary amides is 1. The number of hydrogen-bond acceptors (Lipinski definition) is 8. The minimum absolute atomic E-state index is 0.00271. The lowest BCUT2D eigenvalue weighted by Crippen LogP contribution is -2.49. The van der Waals surface area contributed by atoms with E-state index in [9.17, 15) is 19.2 Å². The molecule has 0 unspecified atom stereocenters. The zero-order valence-corrected chi connectivity index (χ0v) is 16.9. The molecule has 0 aromatic heterocycles. The SMILES string of the molecule is COc1cc(C(=O)OCC(=O)NC(=O)NC(C)(C)C)cc(OC)c1OCC(N)=O. The molecule has 0 aliphatic carbocycles. The highest BCUT2D eigenvalue weighted by molar-refractivity contribution is 5.97. The van der Waals surface area contributed by atoms with Gasteiger partial charge in [0.2, 0.25) is 5.75 Å². The van der Waals surface area contributed by atoms with Gasteiger partial charge in [-0.2, -0.15) is 0 Å². The first kappa shape index (κ1) is 23.5. The molecule has 0 bridgehead atoms. The maximum Gasteiger partial charge on any atom is 0.338 e. The highest BCUT2D eigenvalue weighted by atomic mass is 16.5. The molecule has 11 heteroatoms. The largest absolute Gasteiger partial charge is 0.493 e. The zero-order chi connectivity index (χ0) is 22.2.